The molecule has 2 aromatic heterocycles. The van der Waals surface area contributed by atoms with Gasteiger partial charge in [0.1, 0.15) is 0 Å². The Kier molecular flexibility index (Phi) is 6.23. The fraction of sp³-hybridized carbons (Fsp3) is 0.250. The summed E-state index contributed by atoms with van der Waals surface area (Å²) in [6.07, 6.45) is 2.17. The topological polar surface area (TPSA) is 98.9 Å². The number of hydrogen-bond donors (Lipinski definition) is 1. The van der Waals surface area contributed by atoms with Crippen LogP contribution in [0.25, 0.3) is 5.69 Å². The molecular weight excluding hydrogens is 394 g/mol. The summed E-state index contributed by atoms with van der Waals surface area (Å²) in [4.78, 5) is 42.0. The standard InChI is InChI=1S/C20H20ClN5O3/c1-3-25-19(28)17(18(27)23-11-9-14-6-4-5-10-22-14)24-26(20(25)29)15-8-7-13(2)16(21)12-15/h4-8,10,12H,3,9,11H2,1-2H3,(H,23,27). The third-order valence-electron chi connectivity index (χ3n) is 4.38. The molecule has 0 aliphatic heterocycles. The highest BCUT2D eigenvalue weighted by molar-refractivity contribution is 6.31. The molecule has 29 heavy (non-hydrogen) atoms. The van der Waals surface area contributed by atoms with Crippen molar-refractivity contribution in [3.8, 4) is 5.69 Å². The van der Waals surface area contributed by atoms with E-state index < -0.39 is 17.2 Å². The summed E-state index contributed by atoms with van der Waals surface area (Å²) in [7, 11) is 0. The number of amides is 1. The van der Waals surface area contributed by atoms with Crippen molar-refractivity contribution in [1.29, 1.82) is 0 Å². The van der Waals surface area contributed by atoms with Gasteiger partial charge in [0.2, 0.25) is 5.69 Å². The van der Waals surface area contributed by atoms with Crippen LogP contribution in [0.4, 0.5) is 0 Å². The molecule has 3 aromatic rings. The molecule has 0 bridgehead atoms. The predicted molar refractivity (Wildman–Crippen MR) is 110 cm³/mol. The van der Waals surface area contributed by atoms with Gasteiger partial charge in [-0.05, 0) is 43.7 Å². The minimum Gasteiger partial charge on any atom is -0.350 e. The molecule has 1 aromatic carbocycles. The first-order chi connectivity index (χ1) is 13.9. The van der Waals surface area contributed by atoms with Crippen LogP contribution in [-0.4, -0.2) is 31.8 Å². The van der Waals surface area contributed by atoms with E-state index in [1.165, 1.54) is 0 Å². The molecule has 0 atom stereocenters. The number of nitrogens with zero attached hydrogens (tertiary/aromatic N) is 4. The van der Waals surface area contributed by atoms with Gasteiger partial charge < -0.3 is 5.32 Å². The van der Waals surface area contributed by atoms with E-state index in [1.54, 1.807) is 37.4 Å². The van der Waals surface area contributed by atoms with E-state index >= 15 is 0 Å². The molecule has 1 N–H and O–H groups in total. The van der Waals surface area contributed by atoms with E-state index in [9.17, 15) is 14.4 Å². The second-order valence-electron chi connectivity index (χ2n) is 6.35. The monoisotopic (exact) mass is 413 g/mol. The van der Waals surface area contributed by atoms with Crippen molar-refractivity contribution < 1.29 is 4.79 Å². The molecule has 150 valence electrons. The van der Waals surface area contributed by atoms with E-state index in [0.717, 1.165) is 20.5 Å². The van der Waals surface area contributed by atoms with Gasteiger partial charge in [0.05, 0.1) is 5.69 Å². The molecule has 1 amide bonds. The summed E-state index contributed by atoms with van der Waals surface area (Å²) < 4.78 is 1.98. The smallest absolute Gasteiger partial charge is 0.350 e. The van der Waals surface area contributed by atoms with Crippen LogP contribution in [0.3, 0.4) is 0 Å². The molecular formula is C20H20ClN5O3. The van der Waals surface area contributed by atoms with Crippen molar-refractivity contribution >= 4 is 17.5 Å². The van der Waals surface area contributed by atoms with Gasteiger partial charge in [-0.1, -0.05) is 23.7 Å². The Bertz CT molecular complexity index is 1160. The summed E-state index contributed by atoms with van der Waals surface area (Å²) in [6.45, 7) is 3.86. The van der Waals surface area contributed by atoms with E-state index in [0.29, 0.717) is 17.1 Å². The number of benzene rings is 1. The SMILES string of the molecule is CCn1c(=O)c(C(=O)NCCc2ccccn2)nn(-c2ccc(C)c(Cl)c2)c1=O. The number of rotatable bonds is 6. The Hall–Kier alpha value is -3.26. The summed E-state index contributed by atoms with van der Waals surface area (Å²) in [5.41, 5.74) is 0.287. The first-order valence-electron chi connectivity index (χ1n) is 9.11. The zero-order chi connectivity index (χ0) is 21.0. The lowest BCUT2D eigenvalue weighted by Gasteiger charge is -2.11. The van der Waals surface area contributed by atoms with Crippen molar-refractivity contribution in [1.82, 2.24) is 24.6 Å². The molecule has 0 radical (unpaired) electrons. The summed E-state index contributed by atoms with van der Waals surface area (Å²) in [5, 5.41) is 7.14. The maximum Gasteiger partial charge on any atom is 0.352 e. The lowest BCUT2D eigenvalue weighted by atomic mass is 10.2. The van der Waals surface area contributed by atoms with Crippen molar-refractivity contribution in [3.05, 3.63) is 85.4 Å². The third-order valence-corrected chi connectivity index (χ3v) is 4.79. The maximum atomic E-state index is 12.7. The molecule has 0 spiro atoms. The Morgan fingerprint density at radius 1 is 1.21 bits per heavy atom. The normalized spacial score (nSPS) is 10.7. The molecule has 2 heterocycles. The van der Waals surface area contributed by atoms with E-state index in [2.05, 4.69) is 15.4 Å². The summed E-state index contributed by atoms with van der Waals surface area (Å²) >= 11 is 6.15. The molecule has 8 nitrogen and oxygen atoms in total. The highest BCUT2D eigenvalue weighted by Crippen LogP contribution is 2.17. The molecule has 0 fully saturated rings. The van der Waals surface area contributed by atoms with Crippen LogP contribution in [0, 0.1) is 6.92 Å². The lowest BCUT2D eigenvalue weighted by molar-refractivity contribution is 0.0944. The molecule has 0 saturated heterocycles. The van der Waals surface area contributed by atoms with Gasteiger partial charge in [0.25, 0.3) is 11.5 Å². The Morgan fingerprint density at radius 3 is 2.66 bits per heavy atom. The largest absolute Gasteiger partial charge is 0.352 e. The van der Waals surface area contributed by atoms with Crippen molar-refractivity contribution in [2.45, 2.75) is 26.8 Å². The number of hydrogen-bond acceptors (Lipinski definition) is 5. The third kappa shape index (κ3) is 4.43. The number of pyridine rings is 1. The molecule has 9 heteroatoms. The van der Waals surface area contributed by atoms with E-state index in [4.69, 9.17) is 11.6 Å². The number of nitrogens with one attached hydrogen (secondary N) is 1. The molecule has 0 aliphatic rings. The Balaban J connectivity index is 1.93. The summed E-state index contributed by atoms with van der Waals surface area (Å²) in [5.74, 6) is -0.653. The first kappa shape index (κ1) is 20.5. The maximum absolute atomic E-state index is 12.7. The average Bonchev–Trinajstić information content (AvgIpc) is 2.71. The number of carbonyl (C=O) groups excluding carboxylic acids is 1. The fourth-order valence-electron chi connectivity index (χ4n) is 2.75. The number of halogens is 1. The number of aryl methyl sites for hydroxylation is 1. The van der Waals surface area contributed by atoms with Crippen LogP contribution in [0.5, 0.6) is 0 Å². The zero-order valence-electron chi connectivity index (χ0n) is 16.1. The molecule has 0 aliphatic carbocycles. The Labute approximate surface area is 171 Å². The van der Waals surface area contributed by atoms with Gasteiger partial charge in [-0.25, -0.2) is 4.79 Å². The van der Waals surface area contributed by atoms with Gasteiger partial charge in [-0.3, -0.25) is 19.1 Å². The van der Waals surface area contributed by atoms with Crippen LogP contribution in [0.2, 0.25) is 5.02 Å². The van der Waals surface area contributed by atoms with E-state index in [-0.39, 0.29) is 18.8 Å². The number of aromatic nitrogens is 4. The second kappa shape index (κ2) is 8.83. The molecule has 0 unspecified atom stereocenters. The van der Waals surface area contributed by atoms with Crippen molar-refractivity contribution in [2.24, 2.45) is 0 Å². The Morgan fingerprint density at radius 2 is 2.00 bits per heavy atom. The van der Waals surface area contributed by atoms with Crippen LogP contribution >= 0.6 is 11.6 Å². The van der Waals surface area contributed by atoms with Gasteiger partial charge in [-0.15, -0.1) is 0 Å². The van der Waals surface area contributed by atoms with Crippen LogP contribution in [0.15, 0.2) is 52.2 Å². The first-order valence-corrected chi connectivity index (χ1v) is 9.49. The molecule has 3 rings (SSSR count). The van der Waals surface area contributed by atoms with Crippen LogP contribution in [0.1, 0.15) is 28.7 Å². The molecule has 0 saturated carbocycles. The second-order valence-corrected chi connectivity index (χ2v) is 6.76. The van der Waals surface area contributed by atoms with Gasteiger partial charge >= 0.3 is 5.69 Å². The van der Waals surface area contributed by atoms with E-state index in [1.807, 2.05) is 19.1 Å². The number of carbonyl (C=O) groups is 1. The minimum absolute atomic E-state index is 0.105. The highest BCUT2D eigenvalue weighted by Gasteiger charge is 2.19. The predicted octanol–water partition coefficient (Wildman–Crippen LogP) is 1.74. The van der Waals surface area contributed by atoms with Crippen LogP contribution in [-0.2, 0) is 13.0 Å². The van der Waals surface area contributed by atoms with Crippen molar-refractivity contribution in [3.63, 3.8) is 0 Å². The van der Waals surface area contributed by atoms with Gasteiger partial charge in [0, 0.05) is 36.4 Å². The van der Waals surface area contributed by atoms with Crippen molar-refractivity contribution in [2.75, 3.05) is 6.54 Å². The highest BCUT2D eigenvalue weighted by atomic mass is 35.5. The van der Waals surface area contributed by atoms with Crippen LogP contribution < -0.4 is 16.6 Å². The van der Waals surface area contributed by atoms with Gasteiger partial charge in [-0.2, -0.15) is 9.78 Å². The lowest BCUT2D eigenvalue weighted by Crippen LogP contribution is -2.45. The minimum atomic E-state index is -0.734. The quantitative estimate of drug-likeness (QED) is 0.663. The zero-order valence-corrected chi connectivity index (χ0v) is 16.8. The average molecular weight is 414 g/mol. The fourth-order valence-corrected chi connectivity index (χ4v) is 2.93. The van der Waals surface area contributed by atoms with Gasteiger partial charge in [0.15, 0.2) is 0 Å². The summed E-state index contributed by atoms with van der Waals surface area (Å²) in [6, 6.07) is 10.5.